The number of carboxylic acid groups (broad SMARTS) is 1. The Morgan fingerprint density at radius 3 is 2.75 bits per heavy atom. The van der Waals surface area contributed by atoms with Crippen LogP contribution in [0.4, 0.5) is 10.1 Å². The summed E-state index contributed by atoms with van der Waals surface area (Å²) in [6.45, 7) is 2.68. The zero-order chi connectivity index (χ0) is 12.3. The lowest BCUT2D eigenvalue weighted by atomic mass is 10.1. The molecular formula is C11H14FNO3. The highest BCUT2D eigenvalue weighted by Gasteiger charge is 2.29. The van der Waals surface area contributed by atoms with Gasteiger partial charge in [0, 0.05) is 0 Å². The van der Waals surface area contributed by atoms with E-state index in [2.05, 4.69) is 5.32 Å². The minimum absolute atomic E-state index is 0.182. The van der Waals surface area contributed by atoms with Crippen LogP contribution in [-0.2, 0) is 4.79 Å². The molecule has 1 rings (SSSR count). The molecule has 5 heteroatoms. The second kappa shape index (κ2) is 4.49. The van der Waals surface area contributed by atoms with Gasteiger partial charge in [0.1, 0.15) is 5.82 Å². The van der Waals surface area contributed by atoms with Crippen LogP contribution in [0, 0.1) is 12.7 Å². The predicted octanol–water partition coefficient (Wildman–Crippen LogP) is 1.38. The Hall–Kier alpha value is -1.62. The van der Waals surface area contributed by atoms with E-state index in [4.69, 9.17) is 5.11 Å². The van der Waals surface area contributed by atoms with Crippen LogP contribution >= 0.6 is 0 Å². The summed E-state index contributed by atoms with van der Waals surface area (Å²) in [6.07, 6.45) is 0. The van der Waals surface area contributed by atoms with Gasteiger partial charge >= 0.3 is 5.97 Å². The van der Waals surface area contributed by atoms with Gasteiger partial charge in [-0.3, -0.25) is 0 Å². The highest BCUT2D eigenvalue weighted by Crippen LogP contribution is 2.16. The van der Waals surface area contributed by atoms with Gasteiger partial charge in [0.25, 0.3) is 0 Å². The fourth-order valence-corrected chi connectivity index (χ4v) is 1.12. The smallest absolute Gasteiger partial charge is 0.337 e. The molecule has 0 amide bonds. The average molecular weight is 227 g/mol. The van der Waals surface area contributed by atoms with Crippen LogP contribution in [0.25, 0.3) is 0 Å². The first-order valence-electron chi connectivity index (χ1n) is 4.79. The summed E-state index contributed by atoms with van der Waals surface area (Å²) in [4.78, 5) is 10.6. The summed E-state index contributed by atoms with van der Waals surface area (Å²) < 4.78 is 13.3. The number of rotatable bonds is 4. The molecule has 0 aliphatic rings. The highest BCUT2D eigenvalue weighted by molar-refractivity contribution is 5.77. The van der Waals surface area contributed by atoms with E-state index in [1.807, 2.05) is 0 Å². The molecule has 1 atom stereocenters. The number of halogens is 1. The van der Waals surface area contributed by atoms with Crippen molar-refractivity contribution in [2.24, 2.45) is 0 Å². The zero-order valence-corrected chi connectivity index (χ0v) is 9.12. The predicted molar refractivity (Wildman–Crippen MR) is 57.9 cm³/mol. The zero-order valence-electron chi connectivity index (χ0n) is 9.12. The van der Waals surface area contributed by atoms with Crippen molar-refractivity contribution in [2.45, 2.75) is 19.4 Å². The summed E-state index contributed by atoms with van der Waals surface area (Å²) >= 11 is 0. The molecule has 0 aliphatic heterocycles. The molecule has 0 aliphatic carbocycles. The van der Waals surface area contributed by atoms with Gasteiger partial charge in [-0.1, -0.05) is 6.07 Å². The van der Waals surface area contributed by atoms with Crippen molar-refractivity contribution in [3.05, 3.63) is 29.6 Å². The van der Waals surface area contributed by atoms with E-state index in [0.29, 0.717) is 0 Å². The number of aliphatic hydroxyl groups is 1. The minimum Gasteiger partial charge on any atom is -0.479 e. The first-order chi connectivity index (χ1) is 7.33. The SMILES string of the molecule is Cc1ccc(F)c(NCC(C)(O)C(=O)O)c1. The van der Waals surface area contributed by atoms with Crippen LogP contribution in [0.1, 0.15) is 12.5 Å². The number of benzene rings is 1. The van der Waals surface area contributed by atoms with E-state index in [1.165, 1.54) is 6.07 Å². The second-order valence-electron chi connectivity index (χ2n) is 3.92. The van der Waals surface area contributed by atoms with Gasteiger partial charge in [0.15, 0.2) is 5.60 Å². The molecule has 4 nitrogen and oxygen atoms in total. The quantitative estimate of drug-likeness (QED) is 0.726. The Morgan fingerprint density at radius 1 is 1.56 bits per heavy atom. The van der Waals surface area contributed by atoms with Crippen molar-refractivity contribution in [1.82, 2.24) is 0 Å². The summed E-state index contributed by atoms with van der Waals surface area (Å²) in [6, 6.07) is 4.44. The summed E-state index contributed by atoms with van der Waals surface area (Å²) in [5.74, 6) is -1.83. The number of anilines is 1. The Labute approximate surface area is 92.7 Å². The molecule has 1 unspecified atom stereocenters. The molecule has 0 saturated heterocycles. The second-order valence-corrected chi connectivity index (χ2v) is 3.92. The fraction of sp³-hybridized carbons (Fsp3) is 0.364. The van der Waals surface area contributed by atoms with E-state index in [1.54, 1.807) is 19.1 Å². The monoisotopic (exact) mass is 227 g/mol. The molecule has 0 aromatic heterocycles. The van der Waals surface area contributed by atoms with Crippen LogP contribution in [0.3, 0.4) is 0 Å². The fourth-order valence-electron chi connectivity index (χ4n) is 1.12. The molecule has 1 aromatic rings. The third-order valence-corrected chi connectivity index (χ3v) is 2.21. The van der Waals surface area contributed by atoms with Gasteiger partial charge in [-0.25, -0.2) is 9.18 Å². The maximum absolute atomic E-state index is 13.3. The summed E-state index contributed by atoms with van der Waals surface area (Å²) in [5.41, 5.74) is -0.892. The first kappa shape index (κ1) is 12.4. The third kappa shape index (κ3) is 2.93. The maximum atomic E-state index is 13.3. The minimum atomic E-state index is -1.92. The lowest BCUT2D eigenvalue weighted by Gasteiger charge is -2.19. The number of nitrogens with one attached hydrogen (secondary N) is 1. The Balaban J connectivity index is 2.75. The molecule has 0 spiro atoms. The van der Waals surface area contributed by atoms with Gasteiger partial charge in [-0.2, -0.15) is 0 Å². The largest absolute Gasteiger partial charge is 0.479 e. The molecule has 3 N–H and O–H groups in total. The Bertz CT molecular complexity index is 404. The number of hydrogen-bond donors (Lipinski definition) is 3. The normalized spacial score (nSPS) is 14.2. The van der Waals surface area contributed by atoms with Gasteiger partial charge in [-0.05, 0) is 31.5 Å². The van der Waals surface area contributed by atoms with Crippen molar-refractivity contribution in [3.63, 3.8) is 0 Å². The van der Waals surface area contributed by atoms with Crippen molar-refractivity contribution in [3.8, 4) is 0 Å². The Morgan fingerprint density at radius 2 is 2.19 bits per heavy atom. The third-order valence-electron chi connectivity index (χ3n) is 2.21. The van der Waals surface area contributed by atoms with E-state index in [9.17, 15) is 14.3 Å². The van der Waals surface area contributed by atoms with E-state index < -0.39 is 17.4 Å². The average Bonchev–Trinajstić information content (AvgIpc) is 2.19. The molecule has 0 heterocycles. The standard InChI is InChI=1S/C11H14FNO3/c1-7-3-4-8(12)9(5-7)13-6-11(2,16)10(14)15/h3-5,13,16H,6H2,1-2H3,(H,14,15). The van der Waals surface area contributed by atoms with Gasteiger partial charge in [0.2, 0.25) is 0 Å². The molecule has 0 saturated carbocycles. The lowest BCUT2D eigenvalue weighted by molar-refractivity contribution is -0.155. The van der Waals surface area contributed by atoms with Crippen LogP contribution < -0.4 is 5.32 Å². The number of aliphatic carboxylic acids is 1. The van der Waals surface area contributed by atoms with Crippen LogP contribution in [-0.4, -0.2) is 28.3 Å². The molecule has 0 radical (unpaired) electrons. The van der Waals surface area contributed by atoms with Crippen molar-refractivity contribution in [2.75, 3.05) is 11.9 Å². The number of carboxylic acids is 1. The van der Waals surface area contributed by atoms with E-state index >= 15 is 0 Å². The molecular weight excluding hydrogens is 213 g/mol. The topological polar surface area (TPSA) is 69.6 Å². The van der Waals surface area contributed by atoms with Gasteiger partial charge in [-0.15, -0.1) is 0 Å². The molecule has 0 bridgehead atoms. The summed E-state index contributed by atoms with van der Waals surface area (Å²) in [5, 5.41) is 20.7. The first-order valence-corrected chi connectivity index (χ1v) is 4.79. The molecule has 0 fully saturated rings. The number of carbonyl (C=O) groups is 1. The highest BCUT2D eigenvalue weighted by atomic mass is 19.1. The van der Waals surface area contributed by atoms with E-state index in [-0.39, 0.29) is 12.2 Å². The molecule has 16 heavy (non-hydrogen) atoms. The van der Waals surface area contributed by atoms with Crippen LogP contribution in [0.2, 0.25) is 0 Å². The lowest BCUT2D eigenvalue weighted by Crippen LogP contribution is -2.41. The number of hydrogen-bond acceptors (Lipinski definition) is 3. The summed E-state index contributed by atoms with van der Waals surface area (Å²) in [7, 11) is 0. The van der Waals surface area contributed by atoms with Crippen molar-refractivity contribution >= 4 is 11.7 Å². The molecule has 1 aromatic carbocycles. The van der Waals surface area contributed by atoms with E-state index in [0.717, 1.165) is 12.5 Å². The number of aryl methyl sites for hydroxylation is 1. The van der Waals surface area contributed by atoms with Gasteiger partial charge < -0.3 is 15.5 Å². The van der Waals surface area contributed by atoms with Crippen molar-refractivity contribution in [1.29, 1.82) is 0 Å². The molecule has 88 valence electrons. The van der Waals surface area contributed by atoms with Crippen LogP contribution in [0.5, 0.6) is 0 Å². The van der Waals surface area contributed by atoms with Gasteiger partial charge in [0.05, 0.1) is 12.2 Å². The Kier molecular flexibility index (Phi) is 3.49. The maximum Gasteiger partial charge on any atom is 0.337 e. The van der Waals surface area contributed by atoms with Crippen molar-refractivity contribution < 1.29 is 19.4 Å². The van der Waals surface area contributed by atoms with Crippen LogP contribution in [0.15, 0.2) is 18.2 Å².